The third-order valence-corrected chi connectivity index (χ3v) is 5.42. The van der Waals surface area contributed by atoms with Crippen molar-refractivity contribution >= 4 is 34.0 Å². The van der Waals surface area contributed by atoms with Gasteiger partial charge in [-0.2, -0.15) is 8.42 Å². The Hall–Kier alpha value is -2.38. The van der Waals surface area contributed by atoms with Gasteiger partial charge in [-0.3, -0.25) is 4.79 Å². The van der Waals surface area contributed by atoms with Gasteiger partial charge in [-0.1, -0.05) is 42.6 Å². The molecule has 8 heteroatoms. The standard InChI is InChI=1S/C20H21ClO6S/c1-3-4-5-19(26-18-11-8-16(21)12-15(18)13-22)20(23)27-28(24,25)17-9-6-14(2)7-10-17/h6-13,19H,3-5H2,1-2H3. The normalized spacial score (nSPS) is 12.2. The molecule has 0 saturated heterocycles. The minimum Gasteiger partial charge on any atom is -0.478 e. The van der Waals surface area contributed by atoms with E-state index in [1.165, 1.54) is 30.3 Å². The number of hydrogen-bond donors (Lipinski definition) is 0. The summed E-state index contributed by atoms with van der Waals surface area (Å²) in [6, 6.07) is 10.3. The van der Waals surface area contributed by atoms with Crippen molar-refractivity contribution in [1.82, 2.24) is 0 Å². The molecule has 28 heavy (non-hydrogen) atoms. The van der Waals surface area contributed by atoms with Gasteiger partial charge < -0.3 is 8.92 Å². The van der Waals surface area contributed by atoms with Gasteiger partial charge in [0, 0.05) is 5.02 Å². The quantitative estimate of drug-likeness (QED) is 0.439. The van der Waals surface area contributed by atoms with Crippen LogP contribution in [0.5, 0.6) is 5.75 Å². The summed E-state index contributed by atoms with van der Waals surface area (Å²) in [6.07, 6.45) is 0.972. The smallest absolute Gasteiger partial charge is 0.363 e. The molecule has 0 aliphatic rings. The van der Waals surface area contributed by atoms with E-state index >= 15 is 0 Å². The Balaban J connectivity index is 2.23. The van der Waals surface area contributed by atoms with Crippen LogP contribution in [-0.2, 0) is 19.1 Å². The van der Waals surface area contributed by atoms with Crippen LogP contribution < -0.4 is 4.74 Å². The van der Waals surface area contributed by atoms with E-state index in [0.29, 0.717) is 17.7 Å². The summed E-state index contributed by atoms with van der Waals surface area (Å²) in [5.41, 5.74) is 1.03. The molecule has 1 unspecified atom stereocenters. The number of hydrogen-bond acceptors (Lipinski definition) is 6. The number of aryl methyl sites for hydroxylation is 1. The average molecular weight is 425 g/mol. The maximum atomic E-state index is 12.5. The van der Waals surface area contributed by atoms with E-state index in [0.717, 1.165) is 12.0 Å². The minimum atomic E-state index is -4.28. The van der Waals surface area contributed by atoms with Crippen molar-refractivity contribution in [3.63, 3.8) is 0 Å². The molecule has 0 heterocycles. The summed E-state index contributed by atoms with van der Waals surface area (Å²) in [6.45, 7) is 3.73. The summed E-state index contributed by atoms with van der Waals surface area (Å²) >= 11 is 5.86. The highest BCUT2D eigenvalue weighted by Gasteiger charge is 2.29. The van der Waals surface area contributed by atoms with E-state index in [1.807, 2.05) is 13.8 Å². The highest BCUT2D eigenvalue weighted by atomic mass is 35.5. The van der Waals surface area contributed by atoms with Crippen LogP contribution in [0, 0.1) is 6.92 Å². The largest absolute Gasteiger partial charge is 0.478 e. The van der Waals surface area contributed by atoms with Crippen LogP contribution in [0.25, 0.3) is 0 Å². The third-order valence-electron chi connectivity index (χ3n) is 3.95. The molecule has 0 amide bonds. The monoisotopic (exact) mass is 424 g/mol. The number of aldehydes is 1. The average Bonchev–Trinajstić information content (AvgIpc) is 2.65. The lowest BCUT2D eigenvalue weighted by Crippen LogP contribution is -2.31. The molecule has 0 aromatic heterocycles. The lowest BCUT2D eigenvalue weighted by atomic mass is 10.1. The first-order valence-corrected chi connectivity index (χ1v) is 10.5. The molecule has 0 aliphatic heterocycles. The highest BCUT2D eigenvalue weighted by molar-refractivity contribution is 7.87. The Labute approximate surface area is 169 Å². The second-order valence-electron chi connectivity index (χ2n) is 6.22. The summed E-state index contributed by atoms with van der Waals surface area (Å²) in [5.74, 6) is -0.911. The van der Waals surface area contributed by atoms with Gasteiger partial charge in [0.2, 0.25) is 0 Å². The molecule has 0 bridgehead atoms. The number of benzene rings is 2. The fourth-order valence-electron chi connectivity index (χ4n) is 2.40. The first-order valence-electron chi connectivity index (χ1n) is 8.73. The van der Waals surface area contributed by atoms with Crippen LogP contribution >= 0.6 is 11.6 Å². The van der Waals surface area contributed by atoms with Gasteiger partial charge >= 0.3 is 16.1 Å². The van der Waals surface area contributed by atoms with E-state index < -0.39 is 22.2 Å². The predicted molar refractivity (Wildman–Crippen MR) is 105 cm³/mol. The zero-order valence-corrected chi connectivity index (χ0v) is 17.1. The topological polar surface area (TPSA) is 86.7 Å². The lowest BCUT2D eigenvalue weighted by Gasteiger charge is -2.18. The second kappa shape index (κ2) is 9.71. The molecule has 2 aromatic rings. The van der Waals surface area contributed by atoms with Crippen LogP contribution in [0.4, 0.5) is 0 Å². The van der Waals surface area contributed by atoms with Gasteiger partial charge in [0.15, 0.2) is 12.4 Å². The molecule has 6 nitrogen and oxygen atoms in total. The minimum absolute atomic E-state index is 0.124. The van der Waals surface area contributed by atoms with Crippen LogP contribution in [0.3, 0.4) is 0 Å². The molecule has 150 valence electrons. The maximum absolute atomic E-state index is 12.5. The molecular weight excluding hydrogens is 404 g/mol. The van der Waals surface area contributed by atoms with Crippen molar-refractivity contribution in [3.8, 4) is 5.75 Å². The van der Waals surface area contributed by atoms with Gasteiger partial charge in [-0.15, -0.1) is 0 Å². The Morgan fingerprint density at radius 1 is 1.18 bits per heavy atom. The molecule has 0 saturated carbocycles. The summed E-state index contributed by atoms with van der Waals surface area (Å²) in [4.78, 5) is 23.6. The van der Waals surface area contributed by atoms with Crippen LogP contribution in [0.2, 0.25) is 5.02 Å². The lowest BCUT2D eigenvalue weighted by molar-refractivity contribution is -0.142. The third kappa shape index (κ3) is 5.81. The van der Waals surface area contributed by atoms with Crippen LogP contribution in [0.1, 0.15) is 42.1 Å². The maximum Gasteiger partial charge on any atom is 0.363 e. The van der Waals surface area contributed by atoms with E-state index in [1.54, 1.807) is 12.1 Å². The molecule has 0 N–H and O–H groups in total. The van der Waals surface area contributed by atoms with Crippen molar-refractivity contribution in [3.05, 3.63) is 58.6 Å². The molecule has 2 rings (SSSR count). The van der Waals surface area contributed by atoms with Crippen molar-refractivity contribution in [1.29, 1.82) is 0 Å². The molecule has 0 spiro atoms. The number of rotatable bonds is 9. The SMILES string of the molecule is CCCCC(Oc1ccc(Cl)cc1C=O)C(=O)OS(=O)(=O)c1ccc(C)cc1. The summed E-state index contributed by atoms with van der Waals surface area (Å²) < 4.78 is 35.2. The van der Waals surface area contributed by atoms with Gasteiger partial charge in [0.25, 0.3) is 0 Å². The van der Waals surface area contributed by atoms with Crippen LogP contribution in [0.15, 0.2) is 47.4 Å². The molecule has 1 atom stereocenters. The first kappa shape index (κ1) is 21.9. The van der Waals surface area contributed by atoms with Gasteiger partial charge in [0.1, 0.15) is 10.6 Å². The molecule has 2 aromatic carbocycles. The van der Waals surface area contributed by atoms with E-state index in [-0.39, 0.29) is 22.6 Å². The summed E-state index contributed by atoms with van der Waals surface area (Å²) in [5, 5.41) is 0.337. The molecule has 0 aliphatic carbocycles. The number of halogens is 1. The van der Waals surface area contributed by atoms with Crippen molar-refractivity contribution in [2.75, 3.05) is 0 Å². The van der Waals surface area contributed by atoms with Crippen molar-refractivity contribution in [2.24, 2.45) is 0 Å². The van der Waals surface area contributed by atoms with Gasteiger partial charge in [-0.05, 0) is 50.1 Å². The highest BCUT2D eigenvalue weighted by Crippen LogP contribution is 2.24. The zero-order chi connectivity index (χ0) is 20.7. The van der Waals surface area contributed by atoms with E-state index in [9.17, 15) is 18.0 Å². The number of carbonyl (C=O) groups is 2. The van der Waals surface area contributed by atoms with Crippen LogP contribution in [-0.4, -0.2) is 26.8 Å². The molecule has 0 fully saturated rings. The fourth-order valence-corrected chi connectivity index (χ4v) is 3.47. The predicted octanol–water partition coefficient (Wildman–Crippen LogP) is 4.33. The van der Waals surface area contributed by atoms with Crippen molar-refractivity contribution in [2.45, 2.75) is 44.1 Å². The van der Waals surface area contributed by atoms with E-state index in [2.05, 4.69) is 0 Å². The molecule has 0 radical (unpaired) electrons. The zero-order valence-electron chi connectivity index (χ0n) is 15.6. The van der Waals surface area contributed by atoms with Gasteiger partial charge in [0.05, 0.1) is 5.56 Å². The summed E-state index contributed by atoms with van der Waals surface area (Å²) in [7, 11) is -4.28. The number of unbranched alkanes of at least 4 members (excludes halogenated alkanes) is 1. The Morgan fingerprint density at radius 2 is 1.86 bits per heavy atom. The Kier molecular flexibility index (Phi) is 7.60. The Bertz CT molecular complexity index is 938. The van der Waals surface area contributed by atoms with Gasteiger partial charge in [-0.25, -0.2) is 4.79 Å². The fraction of sp³-hybridized carbons (Fsp3) is 0.300. The second-order valence-corrected chi connectivity index (χ2v) is 8.20. The number of carbonyl (C=O) groups excluding carboxylic acids is 2. The number of ether oxygens (including phenoxy) is 1. The van der Waals surface area contributed by atoms with Crippen molar-refractivity contribution < 1.29 is 26.9 Å². The molecular formula is C20H21ClO6S. The first-order chi connectivity index (χ1) is 13.3. The van der Waals surface area contributed by atoms with E-state index in [4.69, 9.17) is 20.5 Å². The Morgan fingerprint density at radius 3 is 2.46 bits per heavy atom.